The van der Waals surface area contributed by atoms with Crippen LogP contribution in [-0.2, 0) is 6.54 Å². The first-order valence-electron chi connectivity index (χ1n) is 13.6. The summed E-state index contributed by atoms with van der Waals surface area (Å²) < 4.78 is 1.90. The maximum Gasteiger partial charge on any atom is 0.260 e. The Bertz CT molecular complexity index is 1270. The minimum absolute atomic E-state index is 0.0162. The van der Waals surface area contributed by atoms with E-state index < -0.39 is 5.60 Å². The third kappa shape index (κ3) is 5.26. The van der Waals surface area contributed by atoms with E-state index in [1.807, 2.05) is 17.7 Å². The molecule has 0 radical (unpaired) electrons. The van der Waals surface area contributed by atoms with Gasteiger partial charge in [0, 0.05) is 62.3 Å². The number of aliphatic hydroxyl groups is 1. The molecule has 2 N–H and O–H groups in total. The van der Waals surface area contributed by atoms with Crippen LogP contribution in [0, 0.1) is 0 Å². The van der Waals surface area contributed by atoms with E-state index in [0.29, 0.717) is 24.4 Å². The molecule has 2 fully saturated rings. The van der Waals surface area contributed by atoms with Crippen LogP contribution in [0.1, 0.15) is 64.0 Å². The second-order valence-electron chi connectivity index (χ2n) is 11.1. The molecule has 0 unspecified atom stereocenters. The van der Waals surface area contributed by atoms with Gasteiger partial charge in [-0.25, -0.2) is 4.98 Å². The summed E-state index contributed by atoms with van der Waals surface area (Å²) in [7, 11) is 2.17. The van der Waals surface area contributed by atoms with Crippen molar-refractivity contribution in [2.24, 2.45) is 0 Å². The highest BCUT2D eigenvalue weighted by Crippen LogP contribution is 2.36. The maximum absolute atomic E-state index is 14.1. The first-order valence-corrected chi connectivity index (χ1v) is 13.6. The van der Waals surface area contributed by atoms with Crippen molar-refractivity contribution in [3.05, 3.63) is 40.3 Å². The average molecular weight is 493 g/mol. The highest BCUT2D eigenvalue weighted by atomic mass is 16.3. The Labute approximate surface area is 213 Å². The standard InChI is InChI=1S/C28H40N6O2/c1-4-5-12-29-27-30-18-24-22-7-6-20(19-33-15-13-32(3)14-16-33)17-23(22)26(35)34(25(24)31-27)21-8-10-28(2,36)11-9-21/h6-7,17-18,21,36H,4-5,8-16,19H2,1-3H3,(H,29,30,31). The molecular weight excluding hydrogens is 452 g/mol. The number of benzene rings is 1. The molecule has 0 amide bonds. The van der Waals surface area contributed by atoms with Gasteiger partial charge in [-0.1, -0.05) is 25.5 Å². The molecule has 1 aliphatic heterocycles. The first-order chi connectivity index (χ1) is 17.3. The highest BCUT2D eigenvalue weighted by Gasteiger charge is 2.31. The summed E-state index contributed by atoms with van der Waals surface area (Å²) in [6, 6.07) is 6.32. The van der Waals surface area contributed by atoms with Crippen LogP contribution in [0.25, 0.3) is 21.8 Å². The van der Waals surface area contributed by atoms with Gasteiger partial charge in [0.15, 0.2) is 0 Å². The zero-order chi connectivity index (χ0) is 25.3. The van der Waals surface area contributed by atoms with Gasteiger partial charge in [0.1, 0.15) is 5.65 Å². The molecular formula is C28H40N6O2. The molecule has 8 nitrogen and oxygen atoms in total. The van der Waals surface area contributed by atoms with E-state index in [1.165, 1.54) is 5.56 Å². The Kier molecular flexibility index (Phi) is 7.28. The average Bonchev–Trinajstić information content (AvgIpc) is 2.86. The van der Waals surface area contributed by atoms with Crippen molar-refractivity contribution in [3.8, 4) is 0 Å². The molecule has 194 valence electrons. The number of aromatic nitrogens is 3. The van der Waals surface area contributed by atoms with Gasteiger partial charge in [-0.3, -0.25) is 14.3 Å². The smallest absolute Gasteiger partial charge is 0.260 e. The van der Waals surface area contributed by atoms with Gasteiger partial charge >= 0.3 is 0 Å². The summed E-state index contributed by atoms with van der Waals surface area (Å²) in [4.78, 5) is 28.3. The van der Waals surface area contributed by atoms with E-state index >= 15 is 0 Å². The van der Waals surface area contributed by atoms with Crippen LogP contribution in [0.4, 0.5) is 5.95 Å². The summed E-state index contributed by atoms with van der Waals surface area (Å²) in [5.74, 6) is 0.568. The summed E-state index contributed by atoms with van der Waals surface area (Å²) in [5.41, 5.74) is 1.22. The van der Waals surface area contributed by atoms with Crippen molar-refractivity contribution in [1.82, 2.24) is 24.3 Å². The Morgan fingerprint density at radius 3 is 2.58 bits per heavy atom. The van der Waals surface area contributed by atoms with Crippen molar-refractivity contribution >= 4 is 27.8 Å². The van der Waals surface area contributed by atoms with Crippen molar-refractivity contribution in [3.63, 3.8) is 0 Å². The molecule has 2 aliphatic rings. The largest absolute Gasteiger partial charge is 0.390 e. The van der Waals surface area contributed by atoms with Gasteiger partial charge in [0.05, 0.1) is 5.60 Å². The number of hydrogen-bond donors (Lipinski definition) is 2. The van der Waals surface area contributed by atoms with Crippen LogP contribution in [0.15, 0.2) is 29.2 Å². The van der Waals surface area contributed by atoms with E-state index in [-0.39, 0.29) is 11.6 Å². The summed E-state index contributed by atoms with van der Waals surface area (Å²) in [5, 5.41) is 16.4. The van der Waals surface area contributed by atoms with Crippen LogP contribution >= 0.6 is 0 Å². The number of hydrogen-bond acceptors (Lipinski definition) is 7. The summed E-state index contributed by atoms with van der Waals surface area (Å²) in [6.45, 7) is 9.94. The van der Waals surface area contributed by atoms with Crippen molar-refractivity contribution in [2.75, 3.05) is 45.1 Å². The van der Waals surface area contributed by atoms with E-state index in [9.17, 15) is 9.90 Å². The molecule has 1 aromatic carbocycles. The maximum atomic E-state index is 14.1. The fourth-order valence-electron chi connectivity index (χ4n) is 5.62. The van der Waals surface area contributed by atoms with Crippen LogP contribution < -0.4 is 10.9 Å². The minimum Gasteiger partial charge on any atom is -0.390 e. The van der Waals surface area contributed by atoms with Crippen LogP contribution in [0.2, 0.25) is 0 Å². The Morgan fingerprint density at radius 1 is 1.11 bits per heavy atom. The molecule has 0 bridgehead atoms. The van der Waals surface area contributed by atoms with Crippen molar-refractivity contribution in [1.29, 1.82) is 0 Å². The Balaban J connectivity index is 1.57. The molecule has 8 heteroatoms. The van der Waals surface area contributed by atoms with E-state index in [2.05, 4.69) is 52.3 Å². The number of nitrogens with zero attached hydrogens (tertiary/aromatic N) is 5. The van der Waals surface area contributed by atoms with Crippen molar-refractivity contribution in [2.45, 2.75) is 70.6 Å². The lowest BCUT2D eigenvalue weighted by Crippen LogP contribution is -2.43. The third-order valence-corrected chi connectivity index (χ3v) is 8.03. The Morgan fingerprint density at radius 2 is 1.86 bits per heavy atom. The highest BCUT2D eigenvalue weighted by molar-refractivity contribution is 6.04. The van der Waals surface area contributed by atoms with Crippen molar-refractivity contribution < 1.29 is 5.11 Å². The third-order valence-electron chi connectivity index (χ3n) is 8.03. The van der Waals surface area contributed by atoms with Crippen LogP contribution in [0.3, 0.4) is 0 Å². The van der Waals surface area contributed by atoms with Crippen LogP contribution in [-0.4, -0.2) is 74.8 Å². The zero-order valence-electron chi connectivity index (χ0n) is 22.0. The molecule has 0 atom stereocenters. The number of anilines is 1. The predicted octanol–water partition coefficient (Wildman–Crippen LogP) is 3.77. The van der Waals surface area contributed by atoms with Gasteiger partial charge in [0.2, 0.25) is 5.95 Å². The second-order valence-corrected chi connectivity index (χ2v) is 11.1. The molecule has 36 heavy (non-hydrogen) atoms. The topological polar surface area (TPSA) is 86.5 Å². The molecule has 1 aliphatic carbocycles. The Hall–Kier alpha value is -2.55. The number of piperazine rings is 1. The molecule has 3 heterocycles. The first kappa shape index (κ1) is 25.1. The lowest BCUT2D eigenvalue weighted by Gasteiger charge is -2.34. The van der Waals surface area contributed by atoms with Gasteiger partial charge < -0.3 is 15.3 Å². The molecule has 3 aromatic rings. The summed E-state index contributed by atoms with van der Waals surface area (Å²) in [6.07, 6.45) is 6.88. The van der Waals surface area contributed by atoms with E-state index in [0.717, 1.165) is 81.1 Å². The number of likely N-dealkylation sites (N-methyl/N-ethyl adjacent to an activating group) is 1. The molecule has 1 saturated heterocycles. The lowest BCUT2D eigenvalue weighted by atomic mass is 9.83. The second kappa shape index (κ2) is 10.4. The van der Waals surface area contributed by atoms with E-state index in [4.69, 9.17) is 4.98 Å². The van der Waals surface area contributed by atoms with E-state index in [1.54, 1.807) is 0 Å². The van der Waals surface area contributed by atoms with Gasteiger partial charge in [-0.2, -0.15) is 4.98 Å². The lowest BCUT2D eigenvalue weighted by molar-refractivity contribution is 0.0100. The number of unbranched alkanes of at least 4 members (excludes halogenated alkanes) is 1. The van der Waals surface area contributed by atoms with Gasteiger partial charge in [-0.05, 0) is 63.1 Å². The normalized spacial score (nSPS) is 23.9. The predicted molar refractivity (Wildman–Crippen MR) is 146 cm³/mol. The fraction of sp³-hybridized carbons (Fsp3) is 0.607. The number of pyridine rings is 1. The monoisotopic (exact) mass is 492 g/mol. The summed E-state index contributed by atoms with van der Waals surface area (Å²) >= 11 is 0. The SMILES string of the molecule is CCCCNc1ncc2c3ccc(CN4CCN(C)CC4)cc3c(=O)n(C3CCC(C)(O)CC3)c2n1. The minimum atomic E-state index is -0.662. The van der Waals surface area contributed by atoms with Gasteiger partial charge in [0.25, 0.3) is 5.56 Å². The van der Waals surface area contributed by atoms with Crippen LogP contribution in [0.5, 0.6) is 0 Å². The number of rotatable bonds is 7. The zero-order valence-corrected chi connectivity index (χ0v) is 22.0. The number of fused-ring (bicyclic) bond motifs is 3. The molecule has 1 saturated carbocycles. The molecule has 5 rings (SSSR count). The molecule has 0 spiro atoms. The quantitative estimate of drug-likeness (QED) is 0.384. The fourth-order valence-corrected chi connectivity index (χ4v) is 5.62. The molecule has 2 aromatic heterocycles. The van der Waals surface area contributed by atoms with Gasteiger partial charge in [-0.15, -0.1) is 0 Å². The number of nitrogens with one attached hydrogen (secondary N) is 1.